The standard InChI is InChI=1S/C17H25BrN2O3S/c1-20(2)24(22,23)16-12-13(10-11-15(16)18)17(21)19-14-8-6-4-3-5-7-9-14/h10-12,14H,3-9H2,1-2H3,(H,19,21). The maximum Gasteiger partial charge on any atom is 0.251 e. The number of benzene rings is 1. The zero-order chi connectivity index (χ0) is 17.7. The van der Waals surface area contributed by atoms with E-state index >= 15 is 0 Å². The summed E-state index contributed by atoms with van der Waals surface area (Å²) >= 11 is 3.26. The first kappa shape index (κ1) is 19.4. The van der Waals surface area contributed by atoms with Gasteiger partial charge in [0.1, 0.15) is 0 Å². The van der Waals surface area contributed by atoms with Crippen LogP contribution >= 0.6 is 15.9 Å². The SMILES string of the molecule is CN(C)S(=O)(=O)c1cc(C(=O)NC2CCCCCCC2)ccc1Br. The molecular formula is C17H25BrN2O3S. The van der Waals surface area contributed by atoms with E-state index in [1.165, 1.54) is 39.4 Å². The van der Waals surface area contributed by atoms with Gasteiger partial charge in [0.05, 0.1) is 4.90 Å². The van der Waals surface area contributed by atoms with Crippen molar-refractivity contribution < 1.29 is 13.2 Å². The lowest BCUT2D eigenvalue weighted by molar-refractivity contribution is 0.0930. The predicted molar refractivity (Wildman–Crippen MR) is 98.6 cm³/mol. The molecular weight excluding hydrogens is 392 g/mol. The van der Waals surface area contributed by atoms with E-state index in [1.54, 1.807) is 12.1 Å². The van der Waals surface area contributed by atoms with Gasteiger partial charge in [0.15, 0.2) is 0 Å². The summed E-state index contributed by atoms with van der Waals surface area (Å²) in [6.07, 6.45) is 7.96. The topological polar surface area (TPSA) is 66.5 Å². The minimum atomic E-state index is -3.60. The first-order valence-electron chi connectivity index (χ1n) is 8.35. The number of sulfonamides is 1. The number of carbonyl (C=O) groups is 1. The van der Waals surface area contributed by atoms with Crippen LogP contribution < -0.4 is 5.32 Å². The van der Waals surface area contributed by atoms with Crippen LogP contribution in [0.25, 0.3) is 0 Å². The van der Waals surface area contributed by atoms with Crippen LogP contribution in [-0.2, 0) is 10.0 Å². The van der Waals surface area contributed by atoms with E-state index in [-0.39, 0.29) is 16.8 Å². The molecule has 0 radical (unpaired) electrons. The van der Waals surface area contributed by atoms with Crippen molar-refractivity contribution in [1.82, 2.24) is 9.62 Å². The number of halogens is 1. The second kappa shape index (κ2) is 8.45. The number of nitrogens with zero attached hydrogens (tertiary/aromatic N) is 1. The molecule has 7 heteroatoms. The first-order valence-corrected chi connectivity index (χ1v) is 10.6. The van der Waals surface area contributed by atoms with Crippen molar-refractivity contribution in [1.29, 1.82) is 0 Å². The van der Waals surface area contributed by atoms with Crippen LogP contribution in [0.1, 0.15) is 55.3 Å². The summed E-state index contributed by atoms with van der Waals surface area (Å²) < 4.78 is 26.3. The third-order valence-corrected chi connectivity index (χ3v) is 7.20. The molecule has 1 amide bonds. The molecule has 1 aliphatic rings. The molecule has 2 rings (SSSR count). The summed E-state index contributed by atoms with van der Waals surface area (Å²) in [5.74, 6) is -0.205. The van der Waals surface area contributed by atoms with Gasteiger partial charge >= 0.3 is 0 Å². The van der Waals surface area contributed by atoms with Gasteiger partial charge in [-0.2, -0.15) is 0 Å². The average Bonchev–Trinajstić information content (AvgIpc) is 2.49. The molecule has 0 unspecified atom stereocenters. The summed E-state index contributed by atoms with van der Waals surface area (Å²) in [5.41, 5.74) is 0.376. The van der Waals surface area contributed by atoms with Gasteiger partial charge in [-0.25, -0.2) is 12.7 Å². The molecule has 0 spiro atoms. The van der Waals surface area contributed by atoms with Crippen LogP contribution in [0, 0.1) is 0 Å². The van der Waals surface area contributed by atoms with Crippen LogP contribution in [0.5, 0.6) is 0 Å². The highest BCUT2D eigenvalue weighted by Gasteiger charge is 2.23. The lowest BCUT2D eigenvalue weighted by Gasteiger charge is -2.21. The molecule has 0 bridgehead atoms. The molecule has 0 saturated heterocycles. The van der Waals surface area contributed by atoms with Gasteiger partial charge in [0.25, 0.3) is 5.91 Å². The molecule has 1 fully saturated rings. The number of rotatable bonds is 4. The Hall–Kier alpha value is -0.920. The van der Waals surface area contributed by atoms with Gasteiger partial charge in [-0.1, -0.05) is 32.1 Å². The Morgan fingerprint density at radius 2 is 1.71 bits per heavy atom. The third kappa shape index (κ3) is 4.80. The average molecular weight is 417 g/mol. The highest BCUT2D eigenvalue weighted by molar-refractivity contribution is 9.10. The van der Waals surface area contributed by atoms with E-state index in [1.807, 2.05) is 0 Å². The van der Waals surface area contributed by atoms with Crippen molar-refractivity contribution in [3.8, 4) is 0 Å². The smallest absolute Gasteiger partial charge is 0.251 e. The Labute approximate surface area is 153 Å². The summed E-state index contributed by atoms with van der Waals surface area (Å²) in [7, 11) is -0.650. The molecule has 0 atom stereocenters. The molecule has 1 aliphatic carbocycles. The van der Waals surface area contributed by atoms with Gasteiger partial charge in [0, 0.05) is 30.2 Å². The number of carbonyl (C=O) groups excluding carboxylic acids is 1. The maximum absolute atomic E-state index is 12.5. The van der Waals surface area contributed by atoms with Crippen molar-refractivity contribution in [3.05, 3.63) is 28.2 Å². The highest BCUT2D eigenvalue weighted by atomic mass is 79.9. The Bertz CT molecular complexity index is 681. The fraction of sp³-hybridized carbons (Fsp3) is 0.588. The number of hydrogen-bond donors (Lipinski definition) is 1. The fourth-order valence-electron chi connectivity index (χ4n) is 2.91. The minimum absolute atomic E-state index is 0.109. The van der Waals surface area contributed by atoms with Gasteiger partial charge < -0.3 is 5.32 Å². The number of hydrogen-bond acceptors (Lipinski definition) is 3. The summed E-state index contributed by atoms with van der Waals surface area (Å²) in [6, 6.07) is 4.88. The molecule has 0 aromatic heterocycles. The molecule has 134 valence electrons. The molecule has 0 heterocycles. The normalized spacial score (nSPS) is 17.3. The van der Waals surface area contributed by atoms with E-state index in [9.17, 15) is 13.2 Å². The molecule has 0 aliphatic heterocycles. The zero-order valence-corrected chi connectivity index (χ0v) is 16.6. The third-order valence-electron chi connectivity index (χ3n) is 4.39. The molecule has 5 nitrogen and oxygen atoms in total. The van der Waals surface area contributed by atoms with Crippen molar-refractivity contribution >= 4 is 31.9 Å². The van der Waals surface area contributed by atoms with Crippen LogP contribution in [-0.4, -0.2) is 38.8 Å². The molecule has 24 heavy (non-hydrogen) atoms. The van der Waals surface area contributed by atoms with Crippen LogP contribution in [0.2, 0.25) is 0 Å². The highest BCUT2D eigenvalue weighted by Crippen LogP contribution is 2.25. The van der Waals surface area contributed by atoms with Crippen LogP contribution in [0.3, 0.4) is 0 Å². The summed E-state index contributed by atoms with van der Waals surface area (Å²) in [6.45, 7) is 0. The largest absolute Gasteiger partial charge is 0.349 e. The fourth-order valence-corrected chi connectivity index (χ4v) is 4.75. The van der Waals surface area contributed by atoms with E-state index in [4.69, 9.17) is 0 Å². The Morgan fingerprint density at radius 1 is 1.12 bits per heavy atom. The summed E-state index contributed by atoms with van der Waals surface area (Å²) in [4.78, 5) is 12.6. The lowest BCUT2D eigenvalue weighted by Crippen LogP contribution is -2.35. The zero-order valence-electron chi connectivity index (χ0n) is 14.2. The number of nitrogens with one attached hydrogen (secondary N) is 1. The van der Waals surface area contributed by atoms with Gasteiger partial charge in [-0.15, -0.1) is 0 Å². The van der Waals surface area contributed by atoms with E-state index in [0.717, 1.165) is 30.0 Å². The Balaban J connectivity index is 2.18. The predicted octanol–water partition coefficient (Wildman–Crippen LogP) is 3.54. The molecule has 1 aromatic rings. The quantitative estimate of drug-likeness (QED) is 0.815. The van der Waals surface area contributed by atoms with Crippen molar-refractivity contribution in [3.63, 3.8) is 0 Å². The van der Waals surface area contributed by atoms with Crippen molar-refractivity contribution in [2.45, 2.75) is 55.9 Å². The molecule has 1 N–H and O–H groups in total. The van der Waals surface area contributed by atoms with Gasteiger partial charge in [-0.3, -0.25) is 4.79 Å². The maximum atomic E-state index is 12.5. The van der Waals surface area contributed by atoms with Gasteiger partial charge in [0.2, 0.25) is 10.0 Å². The monoisotopic (exact) mass is 416 g/mol. The van der Waals surface area contributed by atoms with E-state index in [2.05, 4.69) is 21.2 Å². The van der Waals surface area contributed by atoms with Crippen molar-refractivity contribution in [2.24, 2.45) is 0 Å². The van der Waals surface area contributed by atoms with Crippen LogP contribution in [0.15, 0.2) is 27.6 Å². The lowest BCUT2D eigenvalue weighted by atomic mass is 9.96. The Morgan fingerprint density at radius 3 is 2.29 bits per heavy atom. The second-order valence-corrected chi connectivity index (χ2v) is 9.42. The first-order chi connectivity index (χ1) is 11.3. The van der Waals surface area contributed by atoms with Crippen LogP contribution in [0.4, 0.5) is 0 Å². The minimum Gasteiger partial charge on any atom is -0.349 e. The molecule has 1 saturated carbocycles. The molecule has 1 aromatic carbocycles. The summed E-state index contributed by atoms with van der Waals surface area (Å²) in [5, 5.41) is 3.07. The van der Waals surface area contributed by atoms with Gasteiger partial charge in [-0.05, 0) is 47.0 Å². The van der Waals surface area contributed by atoms with E-state index in [0.29, 0.717) is 10.0 Å². The number of amides is 1. The second-order valence-electron chi connectivity index (χ2n) is 6.45. The van der Waals surface area contributed by atoms with Crippen molar-refractivity contribution in [2.75, 3.05) is 14.1 Å². The van der Waals surface area contributed by atoms with E-state index < -0.39 is 10.0 Å². The Kier molecular flexibility index (Phi) is 6.83.